The molecule has 17 heavy (non-hydrogen) atoms. The average molecular weight is 241 g/mol. The minimum absolute atomic E-state index is 0.182. The van der Waals surface area contributed by atoms with Gasteiger partial charge >= 0.3 is 6.61 Å². The van der Waals surface area contributed by atoms with Gasteiger partial charge in [-0.2, -0.15) is 8.78 Å². The number of halogens is 3. The molecule has 0 aliphatic rings. The molecule has 0 amide bonds. The van der Waals surface area contributed by atoms with Crippen molar-refractivity contribution in [1.82, 2.24) is 0 Å². The Morgan fingerprint density at radius 2 is 2.24 bits per heavy atom. The second-order valence-electron chi connectivity index (χ2n) is 2.68. The fourth-order valence-corrected chi connectivity index (χ4v) is 1.01. The van der Waals surface area contributed by atoms with Crippen LogP contribution in [0.5, 0.6) is 5.75 Å². The summed E-state index contributed by atoms with van der Waals surface area (Å²) in [7, 11) is 0. The van der Waals surface area contributed by atoms with Crippen molar-refractivity contribution in [2.45, 2.75) is 6.61 Å². The minimum Gasteiger partial charge on any atom is -0.433 e. The Bertz CT molecular complexity index is 501. The van der Waals surface area contributed by atoms with E-state index in [4.69, 9.17) is 5.53 Å². The predicted octanol–water partition coefficient (Wildman–Crippen LogP) is 3.09. The fraction of sp³-hybridized carbons (Fsp3) is 0.200. The zero-order chi connectivity index (χ0) is 12.7. The van der Waals surface area contributed by atoms with E-state index in [1.807, 2.05) is 0 Å². The number of ether oxygens (including phenoxy) is 1. The van der Waals surface area contributed by atoms with Gasteiger partial charge in [-0.1, -0.05) is 23.0 Å². The minimum atomic E-state index is -3.06. The summed E-state index contributed by atoms with van der Waals surface area (Å²) >= 11 is 0. The highest BCUT2D eigenvalue weighted by Crippen LogP contribution is 2.22. The van der Waals surface area contributed by atoms with Gasteiger partial charge in [-0.15, -0.1) is 0 Å². The number of alkyl halides is 2. The molecule has 0 aromatic heterocycles. The molecular weight excluding hydrogens is 235 g/mol. The Balaban J connectivity index is 3.01. The van der Waals surface area contributed by atoms with Crippen LogP contribution in [0.3, 0.4) is 0 Å². The fourth-order valence-electron chi connectivity index (χ4n) is 1.01. The SMILES string of the molecule is [N-]=[N+]=NCC#Cc1c(F)cccc1OC(F)F. The van der Waals surface area contributed by atoms with Crippen molar-refractivity contribution in [3.63, 3.8) is 0 Å². The molecule has 4 nitrogen and oxygen atoms in total. The molecule has 0 heterocycles. The van der Waals surface area contributed by atoms with E-state index in [0.717, 1.165) is 6.07 Å². The highest BCUT2D eigenvalue weighted by atomic mass is 19.3. The maximum absolute atomic E-state index is 13.3. The van der Waals surface area contributed by atoms with Crippen LogP contribution in [0.2, 0.25) is 0 Å². The van der Waals surface area contributed by atoms with Crippen molar-refractivity contribution in [1.29, 1.82) is 0 Å². The molecule has 0 spiro atoms. The van der Waals surface area contributed by atoms with E-state index in [0.29, 0.717) is 0 Å². The molecule has 0 saturated heterocycles. The van der Waals surface area contributed by atoms with Crippen LogP contribution in [-0.2, 0) is 0 Å². The number of hydrogen-bond donors (Lipinski definition) is 0. The zero-order valence-electron chi connectivity index (χ0n) is 8.40. The van der Waals surface area contributed by atoms with Gasteiger partial charge in [0.15, 0.2) is 0 Å². The Labute approximate surface area is 94.6 Å². The molecule has 1 rings (SSSR count). The van der Waals surface area contributed by atoms with Crippen molar-refractivity contribution < 1.29 is 17.9 Å². The van der Waals surface area contributed by atoms with Gasteiger partial charge in [-0.05, 0) is 17.7 Å². The Morgan fingerprint density at radius 3 is 2.88 bits per heavy atom. The summed E-state index contributed by atoms with van der Waals surface area (Å²) in [5.41, 5.74) is 7.69. The van der Waals surface area contributed by atoms with Crippen LogP contribution in [0.4, 0.5) is 13.2 Å². The molecule has 7 heteroatoms. The standard InChI is InChI=1S/C10H6F3N3O/c11-8-4-1-5-9(17-10(12)13)7(8)3-2-6-15-16-14/h1,4-5,10H,6H2. The Morgan fingerprint density at radius 1 is 1.47 bits per heavy atom. The molecule has 1 aromatic carbocycles. The molecule has 0 radical (unpaired) electrons. The average Bonchev–Trinajstić information content (AvgIpc) is 2.26. The summed E-state index contributed by atoms with van der Waals surface area (Å²) < 4.78 is 41.4. The molecular formula is C10H6F3N3O. The van der Waals surface area contributed by atoms with Gasteiger partial charge in [0, 0.05) is 4.91 Å². The maximum atomic E-state index is 13.3. The molecule has 0 saturated carbocycles. The summed E-state index contributed by atoms with van der Waals surface area (Å²) in [6, 6.07) is 3.47. The topological polar surface area (TPSA) is 58.0 Å². The molecule has 0 N–H and O–H groups in total. The summed E-state index contributed by atoms with van der Waals surface area (Å²) in [5, 5.41) is 3.10. The molecule has 1 aromatic rings. The van der Waals surface area contributed by atoms with Crippen molar-refractivity contribution in [3.8, 4) is 17.6 Å². The van der Waals surface area contributed by atoms with Gasteiger partial charge in [0.2, 0.25) is 0 Å². The highest BCUT2D eigenvalue weighted by Gasteiger charge is 2.11. The number of benzene rings is 1. The van der Waals surface area contributed by atoms with Crippen molar-refractivity contribution >= 4 is 0 Å². The van der Waals surface area contributed by atoms with Crippen LogP contribution >= 0.6 is 0 Å². The predicted molar refractivity (Wildman–Crippen MR) is 53.9 cm³/mol. The Hall–Kier alpha value is -2.32. The first-order valence-electron chi connectivity index (χ1n) is 4.38. The van der Waals surface area contributed by atoms with E-state index in [2.05, 4.69) is 26.6 Å². The third-order valence-corrected chi connectivity index (χ3v) is 1.62. The van der Waals surface area contributed by atoms with Crippen LogP contribution in [0, 0.1) is 17.7 Å². The lowest BCUT2D eigenvalue weighted by molar-refractivity contribution is -0.0501. The lowest BCUT2D eigenvalue weighted by Gasteiger charge is -2.06. The van der Waals surface area contributed by atoms with E-state index in [1.165, 1.54) is 12.1 Å². The third-order valence-electron chi connectivity index (χ3n) is 1.62. The molecule has 88 valence electrons. The first kappa shape index (κ1) is 12.7. The first-order valence-corrected chi connectivity index (χ1v) is 4.38. The number of azide groups is 1. The normalized spacial score (nSPS) is 9.18. The van der Waals surface area contributed by atoms with E-state index >= 15 is 0 Å². The van der Waals surface area contributed by atoms with Crippen molar-refractivity contribution in [2.24, 2.45) is 5.11 Å². The molecule has 0 bridgehead atoms. The number of rotatable bonds is 3. The smallest absolute Gasteiger partial charge is 0.387 e. The summed E-state index contributed by atoms with van der Waals surface area (Å²) in [6.07, 6.45) is 0. The lowest BCUT2D eigenvalue weighted by Crippen LogP contribution is -2.04. The highest BCUT2D eigenvalue weighted by molar-refractivity contribution is 5.47. The van der Waals surface area contributed by atoms with E-state index in [9.17, 15) is 13.2 Å². The molecule has 0 unspecified atom stereocenters. The maximum Gasteiger partial charge on any atom is 0.387 e. The quantitative estimate of drug-likeness (QED) is 0.347. The molecule has 0 aliphatic heterocycles. The van der Waals surface area contributed by atoms with E-state index in [-0.39, 0.29) is 17.9 Å². The van der Waals surface area contributed by atoms with Gasteiger partial charge in [0.25, 0.3) is 0 Å². The zero-order valence-corrected chi connectivity index (χ0v) is 8.40. The van der Waals surface area contributed by atoms with Crippen LogP contribution < -0.4 is 4.74 Å². The van der Waals surface area contributed by atoms with Crippen LogP contribution in [0.1, 0.15) is 5.56 Å². The van der Waals surface area contributed by atoms with Crippen molar-refractivity contribution in [2.75, 3.05) is 6.54 Å². The van der Waals surface area contributed by atoms with E-state index in [1.54, 1.807) is 0 Å². The Kier molecular flexibility index (Phi) is 4.73. The summed E-state index contributed by atoms with van der Waals surface area (Å²) in [6.45, 7) is -3.24. The van der Waals surface area contributed by atoms with Gasteiger partial charge in [-0.25, -0.2) is 4.39 Å². The summed E-state index contributed by atoms with van der Waals surface area (Å²) in [5.74, 6) is 3.46. The van der Waals surface area contributed by atoms with Crippen LogP contribution in [0.25, 0.3) is 10.4 Å². The summed E-state index contributed by atoms with van der Waals surface area (Å²) in [4.78, 5) is 2.44. The largest absolute Gasteiger partial charge is 0.433 e. The molecule has 0 aliphatic carbocycles. The third kappa shape index (κ3) is 3.97. The second kappa shape index (κ2) is 6.30. The van der Waals surface area contributed by atoms with Crippen LogP contribution in [0.15, 0.2) is 23.3 Å². The van der Waals surface area contributed by atoms with Gasteiger partial charge in [0.05, 0.1) is 6.54 Å². The monoisotopic (exact) mass is 241 g/mol. The number of nitrogens with zero attached hydrogens (tertiary/aromatic N) is 3. The lowest BCUT2D eigenvalue weighted by atomic mass is 10.2. The first-order chi connectivity index (χ1) is 8.15. The van der Waals surface area contributed by atoms with E-state index < -0.39 is 12.4 Å². The van der Waals surface area contributed by atoms with Crippen LogP contribution in [-0.4, -0.2) is 13.2 Å². The van der Waals surface area contributed by atoms with Gasteiger partial charge in [-0.3, -0.25) is 0 Å². The second-order valence-corrected chi connectivity index (χ2v) is 2.68. The number of hydrogen-bond acceptors (Lipinski definition) is 2. The van der Waals surface area contributed by atoms with Crippen molar-refractivity contribution in [3.05, 3.63) is 40.0 Å². The van der Waals surface area contributed by atoms with Gasteiger partial charge < -0.3 is 4.74 Å². The molecule has 0 atom stereocenters. The van der Waals surface area contributed by atoms with Gasteiger partial charge in [0.1, 0.15) is 17.1 Å². The molecule has 0 fully saturated rings.